The first kappa shape index (κ1) is 20.3. The summed E-state index contributed by atoms with van der Waals surface area (Å²) in [6.07, 6.45) is -0.593. The number of nitrogens with zero attached hydrogens (tertiary/aromatic N) is 1. The van der Waals surface area contributed by atoms with Crippen LogP contribution in [0.25, 0.3) is 10.8 Å². The lowest BCUT2D eigenvalue weighted by Crippen LogP contribution is -2.47. The minimum absolute atomic E-state index is 0.198. The van der Waals surface area contributed by atoms with Gasteiger partial charge < -0.3 is 9.47 Å². The molecule has 28 heavy (non-hydrogen) atoms. The molecule has 3 rings (SSSR count). The molecule has 1 amide bonds. The Kier molecular flexibility index (Phi) is 6.35. The summed E-state index contributed by atoms with van der Waals surface area (Å²) in [5.74, 6) is -0.198. The number of anilines is 1. The molecule has 3 aromatic carbocycles. The van der Waals surface area contributed by atoms with Crippen LogP contribution in [-0.4, -0.2) is 32.5 Å². The van der Waals surface area contributed by atoms with Crippen LogP contribution in [0.15, 0.2) is 60.7 Å². The van der Waals surface area contributed by atoms with E-state index in [1.54, 1.807) is 31.3 Å². The van der Waals surface area contributed by atoms with Crippen LogP contribution in [0.2, 0.25) is 5.02 Å². The van der Waals surface area contributed by atoms with Gasteiger partial charge in [-0.2, -0.15) is 0 Å². The number of amides is 1. The van der Waals surface area contributed by atoms with E-state index in [-0.39, 0.29) is 11.9 Å². The second kappa shape index (κ2) is 8.74. The fourth-order valence-corrected chi connectivity index (χ4v) is 3.77. The topological polar surface area (TPSA) is 38.8 Å². The first-order chi connectivity index (χ1) is 13.5. The van der Waals surface area contributed by atoms with E-state index in [9.17, 15) is 4.79 Å². The van der Waals surface area contributed by atoms with Crippen molar-refractivity contribution in [1.82, 2.24) is 0 Å². The van der Waals surface area contributed by atoms with E-state index in [1.165, 1.54) is 0 Å². The molecular weight excluding hydrogens is 374 g/mol. The summed E-state index contributed by atoms with van der Waals surface area (Å²) in [5, 5.41) is 2.45. The van der Waals surface area contributed by atoms with Crippen LogP contribution in [0, 0.1) is 6.92 Å². The molecule has 0 aromatic heterocycles. The number of benzene rings is 3. The van der Waals surface area contributed by atoms with Gasteiger partial charge in [-0.3, -0.25) is 9.69 Å². The van der Waals surface area contributed by atoms with Crippen LogP contribution in [-0.2, 0) is 9.47 Å². The number of halogens is 1. The standard InChI is InChI=1S/C23H24ClNO3/c1-15-13-14-17-9-5-6-10-18(17)21(15)25(16(2)23(27-3)28-4)22(26)19-11-7-8-12-20(19)24/h5-14,16,23H,1-4H3. The van der Waals surface area contributed by atoms with Gasteiger partial charge >= 0.3 is 0 Å². The van der Waals surface area contributed by atoms with E-state index in [0.717, 1.165) is 22.0 Å². The van der Waals surface area contributed by atoms with E-state index >= 15 is 0 Å². The maximum absolute atomic E-state index is 13.7. The van der Waals surface area contributed by atoms with Gasteiger partial charge in [-0.1, -0.05) is 60.1 Å². The fourth-order valence-electron chi connectivity index (χ4n) is 3.55. The lowest BCUT2D eigenvalue weighted by molar-refractivity contribution is -0.113. The molecule has 3 aromatic rings. The molecule has 0 saturated heterocycles. The molecule has 0 aliphatic carbocycles. The highest BCUT2D eigenvalue weighted by Crippen LogP contribution is 2.34. The fraction of sp³-hybridized carbons (Fsp3) is 0.261. The molecule has 0 fully saturated rings. The summed E-state index contributed by atoms with van der Waals surface area (Å²) in [6, 6.07) is 18.8. The Balaban J connectivity index is 2.25. The largest absolute Gasteiger partial charge is 0.354 e. The third-order valence-corrected chi connectivity index (χ3v) is 5.26. The number of carbonyl (C=O) groups excluding carboxylic acids is 1. The summed E-state index contributed by atoms with van der Waals surface area (Å²) in [5.41, 5.74) is 2.25. The normalized spacial score (nSPS) is 12.4. The molecular formula is C23H24ClNO3. The molecule has 0 aliphatic rings. The molecule has 4 nitrogen and oxygen atoms in total. The smallest absolute Gasteiger partial charge is 0.260 e. The zero-order chi connectivity index (χ0) is 20.3. The minimum atomic E-state index is -0.593. The average molecular weight is 398 g/mol. The van der Waals surface area contributed by atoms with Gasteiger partial charge in [0.05, 0.1) is 22.3 Å². The summed E-state index contributed by atoms with van der Waals surface area (Å²) >= 11 is 6.35. The Morgan fingerprint density at radius 1 is 0.964 bits per heavy atom. The van der Waals surface area contributed by atoms with Gasteiger partial charge in [-0.05, 0) is 36.9 Å². The van der Waals surface area contributed by atoms with Gasteiger partial charge in [-0.25, -0.2) is 0 Å². The molecule has 146 valence electrons. The number of hydrogen-bond acceptors (Lipinski definition) is 3. The lowest BCUT2D eigenvalue weighted by atomic mass is 10.0. The Bertz CT molecular complexity index is 984. The van der Waals surface area contributed by atoms with Crippen molar-refractivity contribution in [2.45, 2.75) is 26.2 Å². The molecule has 1 atom stereocenters. The minimum Gasteiger partial charge on any atom is -0.354 e. The highest BCUT2D eigenvalue weighted by molar-refractivity contribution is 6.34. The molecule has 0 radical (unpaired) electrons. The highest BCUT2D eigenvalue weighted by Gasteiger charge is 2.32. The van der Waals surface area contributed by atoms with Crippen LogP contribution in [0.5, 0.6) is 0 Å². The predicted octanol–water partition coefficient (Wildman–Crippen LogP) is 5.46. The van der Waals surface area contributed by atoms with E-state index in [0.29, 0.717) is 10.6 Å². The first-order valence-corrected chi connectivity index (χ1v) is 9.49. The third kappa shape index (κ3) is 3.76. The molecule has 0 N–H and O–H groups in total. The monoisotopic (exact) mass is 397 g/mol. The summed E-state index contributed by atoms with van der Waals surface area (Å²) in [6.45, 7) is 3.91. The van der Waals surface area contributed by atoms with Crippen LogP contribution < -0.4 is 4.90 Å². The Labute approximate surface area is 170 Å². The molecule has 0 heterocycles. The average Bonchev–Trinajstić information content (AvgIpc) is 2.71. The van der Waals surface area contributed by atoms with Crippen LogP contribution in [0.4, 0.5) is 5.69 Å². The summed E-state index contributed by atoms with van der Waals surface area (Å²) < 4.78 is 11.0. The Morgan fingerprint density at radius 2 is 1.61 bits per heavy atom. The van der Waals surface area contributed by atoms with E-state index < -0.39 is 6.29 Å². The molecule has 0 saturated carbocycles. The van der Waals surface area contributed by atoms with Crippen molar-refractivity contribution in [3.63, 3.8) is 0 Å². The Hall–Kier alpha value is -2.40. The van der Waals surface area contributed by atoms with Gasteiger partial charge in [0, 0.05) is 19.6 Å². The Morgan fingerprint density at radius 3 is 2.29 bits per heavy atom. The third-order valence-electron chi connectivity index (χ3n) is 4.93. The number of ether oxygens (including phenoxy) is 2. The number of methoxy groups -OCH3 is 2. The predicted molar refractivity (Wildman–Crippen MR) is 114 cm³/mol. The number of hydrogen-bond donors (Lipinski definition) is 0. The van der Waals surface area contributed by atoms with E-state index in [1.807, 2.05) is 56.3 Å². The van der Waals surface area contributed by atoms with Gasteiger partial charge in [-0.15, -0.1) is 0 Å². The van der Waals surface area contributed by atoms with Crippen molar-refractivity contribution in [3.05, 3.63) is 76.8 Å². The van der Waals surface area contributed by atoms with Crippen molar-refractivity contribution in [2.24, 2.45) is 0 Å². The van der Waals surface area contributed by atoms with Gasteiger partial charge in [0.15, 0.2) is 6.29 Å². The van der Waals surface area contributed by atoms with Crippen molar-refractivity contribution in [1.29, 1.82) is 0 Å². The molecule has 5 heteroatoms. The molecule has 0 spiro atoms. The maximum Gasteiger partial charge on any atom is 0.260 e. The first-order valence-electron chi connectivity index (χ1n) is 9.11. The second-order valence-electron chi connectivity index (χ2n) is 6.69. The molecule has 0 aliphatic heterocycles. The van der Waals surface area contributed by atoms with Crippen molar-refractivity contribution >= 4 is 34.0 Å². The summed E-state index contributed by atoms with van der Waals surface area (Å²) in [4.78, 5) is 15.4. The lowest BCUT2D eigenvalue weighted by Gasteiger charge is -2.35. The van der Waals surface area contributed by atoms with Crippen molar-refractivity contribution < 1.29 is 14.3 Å². The zero-order valence-electron chi connectivity index (χ0n) is 16.5. The number of aryl methyl sites for hydroxylation is 1. The summed E-state index contributed by atoms with van der Waals surface area (Å²) in [7, 11) is 3.14. The molecule has 0 bridgehead atoms. The van der Waals surface area contributed by atoms with Crippen LogP contribution in [0.1, 0.15) is 22.8 Å². The zero-order valence-corrected chi connectivity index (χ0v) is 17.2. The maximum atomic E-state index is 13.7. The van der Waals surface area contributed by atoms with Crippen LogP contribution >= 0.6 is 11.6 Å². The number of fused-ring (bicyclic) bond motifs is 1. The van der Waals surface area contributed by atoms with E-state index in [2.05, 4.69) is 6.07 Å². The van der Waals surface area contributed by atoms with Crippen molar-refractivity contribution in [2.75, 3.05) is 19.1 Å². The SMILES string of the molecule is COC(OC)C(C)N(C(=O)c1ccccc1Cl)c1c(C)ccc2ccccc12. The van der Waals surface area contributed by atoms with Gasteiger partial charge in [0.2, 0.25) is 0 Å². The highest BCUT2D eigenvalue weighted by atomic mass is 35.5. The quantitative estimate of drug-likeness (QED) is 0.519. The second-order valence-corrected chi connectivity index (χ2v) is 7.09. The van der Waals surface area contributed by atoms with Crippen LogP contribution in [0.3, 0.4) is 0 Å². The van der Waals surface area contributed by atoms with Gasteiger partial charge in [0.1, 0.15) is 0 Å². The van der Waals surface area contributed by atoms with Crippen molar-refractivity contribution in [3.8, 4) is 0 Å². The van der Waals surface area contributed by atoms with E-state index in [4.69, 9.17) is 21.1 Å². The molecule has 1 unspecified atom stereocenters. The number of carbonyl (C=O) groups is 1. The number of rotatable bonds is 6. The van der Waals surface area contributed by atoms with Gasteiger partial charge in [0.25, 0.3) is 5.91 Å².